The van der Waals surface area contributed by atoms with Gasteiger partial charge in [0.2, 0.25) is 11.9 Å². The number of thioether (sulfide) groups is 1. The van der Waals surface area contributed by atoms with Crippen LogP contribution in [0.4, 0.5) is 5.95 Å². The van der Waals surface area contributed by atoms with E-state index in [0.29, 0.717) is 16.7 Å². The van der Waals surface area contributed by atoms with Crippen molar-refractivity contribution in [2.24, 2.45) is 5.73 Å². The van der Waals surface area contributed by atoms with Crippen molar-refractivity contribution in [1.29, 1.82) is 0 Å². The number of aromatic nitrogens is 2. The quantitative estimate of drug-likeness (QED) is 0.734. The normalized spacial score (nSPS) is 19.3. The molecule has 2 aromatic rings. The average Bonchev–Trinajstić information content (AvgIpc) is 2.90. The summed E-state index contributed by atoms with van der Waals surface area (Å²) in [5, 5.41) is 6.50. The van der Waals surface area contributed by atoms with Crippen LogP contribution in [0, 0.1) is 0 Å². The van der Waals surface area contributed by atoms with E-state index >= 15 is 0 Å². The molecule has 0 bridgehead atoms. The first-order valence-corrected chi connectivity index (χ1v) is 8.30. The molecule has 0 spiro atoms. The number of rotatable bonds is 3. The molecule has 3 rings (SSSR count). The third-order valence-electron chi connectivity index (χ3n) is 3.64. The predicted molar refractivity (Wildman–Crippen MR) is 92.7 cm³/mol. The number of fused-ring (bicyclic) bond motifs is 1. The molecule has 0 radical (unpaired) electrons. The largest absolute Gasteiger partial charge is 0.358 e. The first-order valence-electron chi connectivity index (χ1n) is 7.04. The van der Waals surface area contributed by atoms with E-state index in [9.17, 15) is 4.79 Å². The minimum Gasteiger partial charge on any atom is -0.358 e. The Morgan fingerprint density at radius 1 is 1.35 bits per heavy atom. The van der Waals surface area contributed by atoms with Crippen LogP contribution in [0.15, 0.2) is 29.3 Å². The number of nitrogens with two attached hydrogens (primary N) is 1. The van der Waals surface area contributed by atoms with Gasteiger partial charge in [-0.15, -0.1) is 0 Å². The van der Waals surface area contributed by atoms with Gasteiger partial charge in [0, 0.05) is 30.2 Å². The van der Waals surface area contributed by atoms with Gasteiger partial charge in [-0.3, -0.25) is 4.79 Å². The average molecular weight is 350 g/mol. The summed E-state index contributed by atoms with van der Waals surface area (Å²) in [6.07, 6.45) is 0. The van der Waals surface area contributed by atoms with Gasteiger partial charge in [0.15, 0.2) is 0 Å². The number of benzene rings is 1. The Hall–Kier alpha value is -1.83. The molecular formula is C15H16ClN5OS. The number of halogens is 1. The summed E-state index contributed by atoms with van der Waals surface area (Å²) in [4.78, 5) is 21.0. The van der Waals surface area contributed by atoms with Crippen molar-refractivity contribution < 1.29 is 4.79 Å². The van der Waals surface area contributed by atoms with Gasteiger partial charge in [-0.05, 0) is 12.1 Å². The van der Waals surface area contributed by atoms with Crippen LogP contribution < -0.4 is 16.4 Å². The zero-order valence-corrected chi connectivity index (χ0v) is 14.2. The van der Waals surface area contributed by atoms with Crippen LogP contribution in [0.5, 0.6) is 0 Å². The molecule has 0 saturated heterocycles. The number of hydrogen-bond donors (Lipinski definition) is 3. The number of carbonyl (C=O) groups is 1. The van der Waals surface area contributed by atoms with Crippen molar-refractivity contribution in [3.8, 4) is 11.3 Å². The van der Waals surface area contributed by atoms with Crippen LogP contribution in [0.25, 0.3) is 11.3 Å². The lowest BCUT2D eigenvalue weighted by Crippen LogP contribution is -2.35. The van der Waals surface area contributed by atoms with Gasteiger partial charge in [-0.1, -0.05) is 35.5 Å². The topological polar surface area (TPSA) is 92.9 Å². The highest BCUT2D eigenvalue weighted by Gasteiger charge is 2.39. The highest BCUT2D eigenvalue weighted by atomic mass is 35.5. The van der Waals surface area contributed by atoms with Gasteiger partial charge in [-0.2, -0.15) is 0 Å². The Kier molecular flexibility index (Phi) is 4.43. The van der Waals surface area contributed by atoms with Crippen molar-refractivity contribution in [2.45, 2.75) is 16.3 Å². The van der Waals surface area contributed by atoms with Crippen molar-refractivity contribution in [2.75, 3.05) is 19.4 Å². The van der Waals surface area contributed by atoms with E-state index in [-0.39, 0.29) is 5.91 Å². The maximum absolute atomic E-state index is 12.1. The third-order valence-corrected chi connectivity index (χ3v) is 5.17. The first kappa shape index (κ1) is 16.0. The lowest BCUT2D eigenvalue weighted by molar-refractivity contribution is -0.120. The number of carbonyl (C=O) groups excluding carboxylic acids is 1. The van der Waals surface area contributed by atoms with Crippen LogP contribution in [-0.2, 0) is 4.79 Å². The summed E-state index contributed by atoms with van der Waals surface area (Å²) in [5.41, 5.74) is 8.65. The second-order valence-electron chi connectivity index (χ2n) is 5.05. The van der Waals surface area contributed by atoms with Gasteiger partial charge in [0.25, 0.3) is 0 Å². The van der Waals surface area contributed by atoms with Gasteiger partial charge in [0.1, 0.15) is 10.3 Å². The molecular weight excluding hydrogens is 334 g/mol. The number of nitrogens with one attached hydrogen (secondary N) is 2. The van der Waals surface area contributed by atoms with Gasteiger partial charge < -0.3 is 16.4 Å². The van der Waals surface area contributed by atoms with E-state index in [1.165, 1.54) is 11.8 Å². The number of nitrogens with zero attached hydrogens (tertiary/aromatic N) is 2. The highest BCUT2D eigenvalue weighted by Crippen LogP contribution is 2.46. The van der Waals surface area contributed by atoms with Crippen molar-refractivity contribution in [3.05, 3.63) is 34.9 Å². The Balaban J connectivity index is 2.16. The predicted octanol–water partition coefficient (Wildman–Crippen LogP) is 2.06. The maximum atomic E-state index is 12.1. The van der Waals surface area contributed by atoms with E-state index in [1.54, 1.807) is 20.2 Å². The highest BCUT2D eigenvalue weighted by molar-refractivity contribution is 8.01. The second-order valence-corrected chi connectivity index (χ2v) is 6.62. The molecule has 120 valence electrons. The molecule has 4 N–H and O–H groups in total. The van der Waals surface area contributed by atoms with Crippen LogP contribution in [0.1, 0.15) is 11.6 Å². The molecule has 1 aliphatic rings. The standard InChI is InChI=1S/C15H16ClN5OS/c1-18-13(22)12-10(17)9-11(7-4-3-5-8(16)6-7)20-15(19-2)21-14(9)23-12/h3-6,10,12H,17H2,1-2H3,(H,18,22)(H,19,20,21). The summed E-state index contributed by atoms with van der Waals surface area (Å²) in [6, 6.07) is 6.92. The molecule has 0 fully saturated rings. The van der Waals surface area contributed by atoms with Crippen LogP contribution in [0.2, 0.25) is 5.02 Å². The molecule has 2 unspecified atom stereocenters. The van der Waals surface area contributed by atoms with Crippen LogP contribution >= 0.6 is 23.4 Å². The van der Waals surface area contributed by atoms with Crippen molar-refractivity contribution in [3.63, 3.8) is 0 Å². The summed E-state index contributed by atoms with van der Waals surface area (Å²) in [7, 11) is 3.35. The van der Waals surface area contributed by atoms with Gasteiger partial charge in [-0.25, -0.2) is 9.97 Å². The molecule has 0 aliphatic carbocycles. The Labute approximate surface area is 143 Å². The number of amides is 1. The summed E-state index contributed by atoms with van der Waals surface area (Å²) < 4.78 is 0. The first-order chi connectivity index (χ1) is 11.0. The fraction of sp³-hybridized carbons (Fsp3) is 0.267. The van der Waals surface area contributed by atoms with Crippen molar-refractivity contribution >= 4 is 35.2 Å². The molecule has 1 aromatic heterocycles. The van der Waals surface area contributed by atoms with E-state index in [1.807, 2.05) is 18.2 Å². The third kappa shape index (κ3) is 2.87. The van der Waals surface area contributed by atoms with Gasteiger partial charge >= 0.3 is 0 Å². The van der Waals surface area contributed by atoms with Crippen LogP contribution in [0.3, 0.4) is 0 Å². The summed E-state index contributed by atoms with van der Waals surface area (Å²) in [6.45, 7) is 0. The van der Waals surface area contributed by atoms with E-state index in [4.69, 9.17) is 17.3 Å². The summed E-state index contributed by atoms with van der Waals surface area (Å²) in [5.74, 6) is 0.361. The molecule has 2 heterocycles. The molecule has 6 nitrogen and oxygen atoms in total. The minimum atomic E-state index is -0.477. The number of hydrogen-bond acceptors (Lipinski definition) is 6. The molecule has 1 aromatic carbocycles. The fourth-order valence-electron chi connectivity index (χ4n) is 2.51. The minimum absolute atomic E-state index is 0.122. The molecule has 2 atom stereocenters. The van der Waals surface area contributed by atoms with Gasteiger partial charge in [0.05, 0.1) is 11.7 Å². The lowest BCUT2D eigenvalue weighted by Gasteiger charge is -2.15. The Morgan fingerprint density at radius 3 is 2.78 bits per heavy atom. The maximum Gasteiger partial charge on any atom is 0.235 e. The van der Waals surface area contributed by atoms with Crippen molar-refractivity contribution in [1.82, 2.24) is 15.3 Å². The summed E-state index contributed by atoms with van der Waals surface area (Å²) >= 11 is 7.46. The molecule has 0 saturated carbocycles. The monoisotopic (exact) mass is 349 g/mol. The lowest BCUT2D eigenvalue weighted by atomic mass is 9.99. The molecule has 23 heavy (non-hydrogen) atoms. The Bertz CT molecular complexity index is 770. The zero-order chi connectivity index (χ0) is 16.6. The fourth-order valence-corrected chi connectivity index (χ4v) is 3.95. The second kappa shape index (κ2) is 6.35. The Morgan fingerprint density at radius 2 is 2.13 bits per heavy atom. The van der Waals surface area contributed by atoms with E-state index < -0.39 is 11.3 Å². The molecule has 8 heteroatoms. The van der Waals surface area contributed by atoms with E-state index in [2.05, 4.69) is 20.6 Å². The zero-order valence-electron chi connectivity index (χ0n) is 12.6. The molecule has 1 amide bonds. The van der Waals surface area contributed by atoms with E-state index in [0.717, 1.165) is 16.2 Å². The molecule has 1 aliphatic heterocycles. The number of anilines is 1. The SMILES string of the molecule is CNC(=O)C1Sc2nc(NC)nc(-c3cccc(Cl)c3)c2C1N. The smallest absolute Gasteiger partial charge is 0.235 e. The van der Waals surface area contributed by atoms with Crippen LogP contribution in [-0.4, -0.2) is 35.2 Å².